The molecule has 0 radical (unpaired) electrons. The van der Waals surface area contributed by atoms with Crippen LogP contribution in [-0.2, 0) is 14.6 Å². The van der Waals surface area contributed by atoms with Crippen LogP contribution in [0.4, 0.5) is 0 Å². The molecule has 0 unspecified atom stereocenters. The van der Waals surface area contributed by atoms with Crippen LogP contribution in [0.15, 0.2) is 34.2 Å². The van der Waals surface area contributed by atoms with Gasteiger partial charge >= 0.3 is 0 Å². The SMILES string of the molecule is CCNC(=NCCOCCS(C)(=O)=O)NCCSc1ccc(Cl)cc1.I. The highest BCUT2D eigenvalue weighted by Crippen LogP contribution is 2.19. The maximum absolute atomic E-state index is 11.0. The second kappa shape index (κ2) is 14.8. The lowest BCUT2D eigenvalue weighted by atomic mass is 10.4. The van der Waals surface area contributed by atoms with Gasteiger partial charge in [-0.1, -0.05) is 11.6 Å². The molecule has 1 aromatic rings. The number of nitrogens with zero attached hydrogens (tertiary/aromatic N) is 1. The number of ether oxygens (including phenoxy) is 1. The largest absolute Gasteiger partial charge is 0.378 e. The second-order valence-corrected chi connectivity index (χ2v) is 9.10. The fourth-order valence-corrected chi connectivity index (χ4v) is 3.06. The molecule has 1 aromatic carbocycles. The summed E-state index contributed by atoms with van der Waals surface area (Å²) in [5, 5.41) is 7.16. The Morgan fingerprint density at radius 3 is 2.54 bits per heavy atom. The van der Waals surface area contributed by atoms with Gasteiger partial charge in [-0.15, -0.1) is 35.7 Å². The highest BCUT2D eigenvalue weighted by molar-refractivity contribution is 14.0. The van der Waals surface area contributed by atoms with Crippen LogP contribution >= 0.6 is 47.3 Å². The highest BCUT2D eigenvalue weighted by atomic mass is 127. The molecule has 0 aliphatic rings. The zero-order valence-electron chi connectivity index (χ0n) is 15.0. The molecule has 0 bridgehead atoms. The first-order valence-corrected chi connectivity index (χ1v) is 11.5. The number of hydrogen-bond donors (Lipinski definition) is 2. The van der Waals surface area contributed by atoms with E-state index in [1.807, 2.05) is 31.2 Å². The zero-order chi connectivity index (χ0) is 18.5. The Bertz CT molecular complexity index is 628. The molecule has 0 aromatic heterocycles. The Morgan fingerprint density at radius 1 is 1.23 bits per heavy atom. The monoisotopic (exact) mass is 535 g/mol. The molecule has 10 heteroatoms. The minimum atomic E-state index is -2.97. The first kappa shape index (κ1) is 25.8. The molecular weight excluding hydrogens is 509 g/mol. The topological polar surface area (TPSA) is 79.8 Å². The number of aliphatic imine (C=N–C) groups is 1. The standard InChI is InChI=1S/C16H26ClN3O3S2.HI/c1-3-18-16(19-8-10-23-11-13-25(2,21)22)20-9-12-24-15-6-4-14(17)5-7-15;/h4-7H,3,8-13H2,1-2H3,(H2,18,19,20);1H. The zero-order valence-corrected chi connectivity index (χ0v) is 19.8. The van der Waals surface area contributed by atoms with E-state index < -0.39 is 9.84 Å². The number of rotatable bonds is 11. The lowest BCUT2D eigenvalue weighted by molar-refractivity contribution is 0.157. The van der Waals surface area contributed by atoms with E-state index in [1.54, 1.807) is 11.8 Å². The van der Waals surface area contributed by atoms with Gasteiger partial charge in [0.05, 0.1) is 25.5 Å². The van der Waals surface area contributed by atoms with E-state index in [4.69, 9.17) is 16.3 Å². The summed E-state index contributed by atoms with van der Waals surface area (Å²) < 4.78 is 27.2. The Balaban J connectivity index is 0.00000625. The van der Waals surface area contributed by atoms with Crippen molar-refractivity contribution in [3.63, 3.8) is 0 Å². The molecule has 0 fully saturated rings. The maximum atomic E-state index is 11.0. The number of nitrogens with one attached hydrogen (secondary N) is 2. The maximum Gasteiger partial charge on any atom is 0.191 e. The summed E-state index contributed by atoms with van der Waals surface area (Å²) in [6.07, 6.45) is 1.20. The average molecular weight is 536 g/mol. The van der Waals surface area contributed by atoms with Crippen molar-refractivity contribution in [2.45, 2.75) is 11.8 Å². The predicted octanol–water partition coefficient (Wildman–Crippen LogP) is 2.67. The molecule has 6 nitrogen and oxygen atoms in total. The number of guanidine groups is 1. The van der Waals surface area contributed by atoms with Gasteiger partial charge in [-0.05, 0) is 31.2 Å². The third-order valence-electron chi connectivity index (χ3n) is 2.93. The summed E-state index contributed by atoms with van der Waals surface area (Å²) in [6.45, 7) is 4.62. The van der Waals surface area contributed by atoms with E-state index in [2.05, 4.69) is 15.6 Å². The van der Waals surface area contributed by atoms with Gasteiger partial charge in [-0.25, -0.2) is 8.42 Å². The molecule has 0 amide bonds. The number of halogens is 2. The molecule has 1 rings (SSSR count). The third-order valence-corrected chi connectivity index (χ3v) is 5.10. The quantitative estimate of drug-likeness (QED) is 0.149. The summed E-state index contributed by atoms with van der Waals surface area (Å²) in [4.78, 5) is 5.57. The van der Waals surface area contributed by atoms with E-state index in [1.165, 1.54) is 11.2 Å². The predicted molar refractivity (Wildman–Crippen MR) is 122 cm³/mol. The molecule has 0 aliphatic heterocycles. The van der Waals surface area contributed by atoms with Gasteiger partial charge in [-0.2, -0.15) is 0 Å². The number of hydrogen-bond acceptors (Lipinski definition) is 5. The van der Waals surface area contributed by atoms with Crippen LogP contribution in [0.1, 0.15) is 6.92 Å². The normalized spacial score (nSPS) is 11.7. The van der Waals surface area contributed by atoms with Crippen molar-refractivity contribution in [3.05, 3.63) is 29.3 Å². The fraction of sp³-hybridized carbons (Fsp3) is 0.562. The van der Waals surface area contributed by atoms with E-state index in [-0.39, 0.29) is 36.3 Å². The summed E-state index contributed by atoms with van der Waals surface area (Å²) in [5.41, 5.74) is 0. The molecule has 2 N–H and O–H groups in total. The molecule has 0 heterocycles. The van der Waals surface area contributed by atoms with Gasteiger partial charge in [0, 0.05) is 35.0 Å². The van der Waals surface area contributed by atoms with Gasteiger partial charge in [0.15, 0.2) is 5.96 Å². The molecule has 150 valence electrons. The first-order valence-electron chi connectivity index (χ1n) is 8.06. The van der Waals surface area contributed by atoms with Gasteiger partial charge < -0.3 is 15.4 Å². The van der Waals surface area contributed by atoms with Crippen LogP contribution in [0.5, 0.6) is 0 Å². The average Bonchev–Trinajstić information content (AvgIpc) is 2.55. The van der Waals surface area contributed by atoms with Crippen molar-refractivity contribution in [1.29, 1.82) is 0 Å². The van der Waals surface area contributed by atoms with E-state index in [9.17, 15) is 8.42 Å². The van der Waals surface area contributed by atoms with Crippen LogP contribution in [0.3, 0.4) is 0 Å². The van der Waals surface area contributed by atoms with Crippen molar-refractivity contribution in [2.75, 3.05) is 50.6 Å². The van der Waals surface area contributed by atoms with Crippen LogP contribution < -0.4 is 10.6 Å². The van der Waals surface area contributed by atoms with Gasteiger partial charge in [0.1, 0.15) is 9.84 Å². The van der Waals surface area contributed by atoms with Gasteiger partial charge in [0.2, 0.25) is 0 Å². The van der Waals surface area contributed by atoms with Crippen molar-refractivity contribution < 1.29 is 13.2 Å². The van der Waals surface area contributed by atoms with Crippen molar-refractivity contribution in [1.82, 2.24) is 10.6 Å². The molecular formula is C16H27ClIN3O3S2. The molecule has 0 saturated carbocycles. The lowest BCUT2D eigenvalue weighted by Gasteiger charge is -2.11. The van der Waals surface area contributed by atoms with E-state index >= 15 is 0 Å². The first-order chi connectivity index (χ1) is 11.9. The van der Waals surface area contributed by atoms with Crippen LogP contribution in [-0.4, -0.2) is 65.0 Å². The number of benzene rings is 1. The van der Waals surface area contributed by atoms with E-state index in [0.29, 0.717) is 13.2 Å². The summed E-state index contributed by atoms with van der Waals surface area (Å²) in [6, 6.07) is 7.76. The molecule has 0 saturated heterocycles. The molecule has 0 aliphatic carbocycles. The summed E-state index contributed by atoms with van der Waals surface area (Å²) >= 11 is 7.61. The smallest absolute Gasteiger partial charge is 0.191 e. The third kappa shape index (κ3) is 13.9. The molecule has 0 atom stereocenters. The number of sulfone groups is 1. The Kier molecular flexibility index (Phi) is 14.7. The molecule has 26 heavy (non-hydrogen) atoms. The second-order valence-electron chi connectivity index (χ2n) is 5.23. The Hall–Kier alpha value is -0.230. The van der Waals surface area contributed by atoms with Crippen molar-refractivity contribution in [2.24, 2.45) is 4.99 Å². The van der Waals surface area contributed by atoms with Gasteiger partial charge in [-0.3, -0.25) is 4.99 Å². The highest BCUT2D eigenvalue weighted by Gasteiger charge is 2.01. The van der Waals surface area contributed by atoms with Crippen LogP contribution in [0.2, 0.25) is 5.02 Å². The van der Waals surface area contributed by atoms with Crippen molar-refractivity contribution >= 4 is 63.1 Å². The summed E-state index contributed by atoms with van der Waals surface area (Å²) in [7, 11) is -2.97. The number of thioether (sulfide) groups is 1. The van der Waals surface area contributed by atoms with Crippen LogP contribution in [0.25, 0.3) is 0 Å². The minimum Gasteiger partial charge on any atom is -0.378 e. The van der Waals surface area contributed by atoms with Crippen molar-refractivity contribution in [3.8, 4) is 0 Å². The summed E-state index contributed by atoms with van der Waals surface area (Å²) in [5.74, 6) is 1.67. The van der Waals surface area contributed by atoms with Crippen LogP contribution in [0, 0.1) is 0 Å². The van der Waals surface area contributed by atoms with Gasteiger partial charge in [0.25, 0.3) is 0 Å². The van der Waals surface area contributed by atoms with E-state index in [0.717, 1.165) is 29.8 Å². The Morgan fingerprint density at radius 2 is 1.92 bits per heavy atom. The fourth-order valence-electron chi connectivity index (χ4n) is 1.75. The molecule has 0 spiro atoms. The Labute approximate surface area is 182 Å². The minimum absolute atomic E-state index is 0. The lowest BCUT2D eigenvalue weighted by Crippen LogP contribution is -2.38.